The summed E-state index contributed by atoms with van der Waals surface area (Å²) in [6.45, 7) is 0.0456. The maximum Gasteiger partial charge on any atom is 0.329 e. The Bertz CT molecular complexity index is 174. The number of hydrogen-bond acceptors (Lipinski definition) is 5. The molecule has 62 valence electrons. The lowest BCUT2D eigenvalue weighted by Gasteiger charge is -2.05. The summed E-state index contributed by atoms with van der Waals surface area (Å²) in [6.07, 6.45) is 0. The van der Waals surface area contributed by atoms with Crippen molar-refractivity contribution in [2.24, 2.45) is 0 Å². The smallest absolute Gasteiger partial charge is 0.329 e. The second-order valence-electron chi connectivity index (χ2n) is 2.19. The van der Waals surface area contributed by atoms with Gasteiger partial charge in [0.05, 0.1) is 6.54 Å². The number of aliphatic carboxylic acids is 1. The molecule has 0 aromatic heterocycles. The summed E-state index contributed by atoms with van der Waals surface area (Å²) >= 11 is 0. The monoisotopic (exact) mass is 161 g/mol. The molecule has 1 saturated heterocycles. The Morgan fingerprint density at radius 3 is 2.73 bits per heavy atom. The van der Waals surface area contributed by atoms with Gasteiger partial charge in [0.1, 0.15) is 0 Å². The molecule has 0 saturated carbocycles. The molecule has 0 radical (unpaired) electrons. The summed E-state index contributed by atoms with van der Waals surface area (Å²) in [5.41, 5.74) is 4.71. The maximum atomic E-state index is 10.3. The molecule has 11 heavy (non-hydrogen) atoms. The molecule has 7 nitrogen and oxygen atoms in total. The molecular weight excluding hydrogens is 154 g/mol. The van der Waals surface area contributed by atoms with Gasteiger partial charge < -0.3 is 5.11 Å². The predicted molar refractivity (Wildman–Crippen MR) is 33.3 cm³/mol. The van der Waals surface area contributed by atoms with Crippen molar-refractivity contribution in [2.45, 2.75) is 12.1 Å². The lowest BCUT2D eigenvalue weighted by Crippen LogP contribution is -2.43. The van der Waals surface area contributed by atoms with Crippen LogP contribution in [0.15, 0.2) is 0 Å². The van der Waals surface area contributed by atoms with E-state index in [0.29, 0.717) is 0 Å². The van der Waals surface area contributed by atoms with Crippen LogP contribution in [0.3, 0.4) is 0 Å². The van der Waals surface area contributed by atoms with Crippen LogP contribution < -0.4 is 10.9 Å². The molecular formula is C4H7N3O4. The number of carboxylic acid groups (broad SMARTS) is 1. The van der Waals surface area contributed by atoms with Crippen molar-refractivity contribution >= 4 is 5.97 Å². The second-order valence-corrected chi connectivity index (χ2v) is 2.19. The largest absolute Gasteiger partial charge is 0.480 e. The van der Waals surface area contributed by atoms with Crippen molar-refractivity contribution < 1.29 is 14.8 Å². The number of hydrazine groups is 1. The van der Waals surface area contributed by atoms with E-state index in [1.165, 1.54) is 0 Å². The van der Waals surface area contributed by atoms with Crippen LogP contribution >= 0.6 is 0 Å². The van der Waals surface area contributed by atoms with E-state index in [-0.39, 0.29) is 6.54 Å². The third-order valence-corrected chi connectivity index (χ3v) is 1.49. The minimum atomic E-state index is -1.21. The van der Waals surface area contributed by atoms with E-state index >= 15 is 0 Å². The molecule has 1 heterocycles. The van der Waals surface area contributed by atoms with Crippen molar-refractivity contribution in [3.63, 3.8) is 0 Å². The standard InChI is InChI=1S/C4H7N3O4/c8-4(9)3-2(7(10)11)1-5-6-3/h2-3,5-6H,1H2,(H,8,9). The quantitative estimate of drug-likeness (QED) is 0.326. The van der Waals surface area contributed by atoms with Crippen molar-refractivity contribution in [1.29, 1.82) is 0 Å². The molecule has 0 aromatic carbocycles. The normalized spacial score (nSPS) is 30.2. The van der Waals surface area contributed by atoms with E-state index in [2.05, 4.69) is 10.9 Å². The Hall–Kier alpha value is -1.21. The van der Waals surface area contributed by atoms with Gasteiger partial charge in [0.15, 0.2) is 6.04 Å². The highest BCUT2D eigenvalue weighted by Crippen LogP contribution is 2.01. The highest BCUT2D eigenvalue weighted by atomic mass is 16.6. The van der Waals surface area contributed by atoms with Gasteiger partial charge >= 0.3 is 5.97 Å². The van der Waals surface area contributed by atoms with Gasteiger partial charge in [0.25, 0.3) is 6.04 Å². The molecule has 1 aliphatic rings. The van der Waals surface area contributed by atoms with Gasteiger partial charge in [-0.1, -0.05) is 0 Å². The first-order chi connectivity index (χ1) is 5.13. The summed E-state index contributed by atoms with van der Waals surface area (Å²) in [6, 6.07) is -2.20. The van der Waals surface area contributed by atoms with Crippen LogP contribution in [0.4, 0.5) is 0 Å². The Balaban J connectivity index is 2.65. The van der Waals surface area contributed by atoms with E-state index in [4.69, 9.17) is 5.11 Å². The van der Waals surface area contributed by atoms with E-state index < -0.39 is 23.0 Å². The summed E-state index contributed by atoms with van der Waals surface area (Å²) in [5, 5.41) is 18.6. The minimum Gasteiger partial charge on any atom is -0.480 e. The lowest BCUT2D eigenvalue weighted by atomic mass is 10.2. The van der Waals surface area contributed by atoms with E-state index in [0.717, 1.165) is 0 Å². The molecule has 1 rings (SSSR count). The number of carbonyl (C=O) groups is 1. The summed E-state index contributed by atoms with van der Waals surface area (Å²) < 4.78 is 0. The molecule has 7 heteroatoms. The van der Waals surface area contributed by atoms with Gasteiger partial charge in [-0.05, 0) is 0 Å². The van der Waals surface area contributed by atoms with Gasteiger partial charge in [-0.15, -0.1) is 0 Å². The number of carboxylic acids is 1. The average molecular weight is 161 g/mol. The lowest BCUT2D eigenvalue weighted by molar-refractivity contribution is -0.518. The zero-order valence-electron chi connectivity index (χ0n) is 5.48. The maximum absolute atomic E-state index is 10.3. The van der Waals surface area contributed by atoms with Gasteiger partial charge in [-0.25, -0.2) is 10.9 Å². The molecule has 0 aliphatic carbocycles. The Kier molecular flexibility index (Phi) is 2.01. The van der Waals surface area contributed by atoms with Crippen LogP contribution in [0, 0.1) is 10.1 Å². The molecule has 0 spiro atoms. The molecule has 2 unspecified atom stereocenters. The molecule has 0 bridgehead atoms. The molecule has 0 amide bonds. The third kappa shape index (κ3) is 1.44. The molecule has 2 atom stereocenters. The fourth-order valence-corrected chi connectivity index (χ4v) is 0.910. The summed E-state index contributed by atoms with van der Waals surface area (Å²) in [7, 11) is 0. The molecule has 0 aromatic rings. The predicted octanol–water partition coefficient (Wildman–Crippen LogP) is -1.81. The van der Waals surface area contributed by atoms with Gasteiger partial charge in [-0.2, -0.15) is 0 Å². The summed E-state index contributed by atoms with van der Waals surface area (Å²) in [4.78, 5) is 19.9. The first-order valence-electron chi connectivity index (χ1n) is 2.97. The number of nitro groups is 1. The van der Waals surface area contributed by atoms with Gasteiger partial charge in [0, 0.05) is 4.92 Å². The van der Waals surface area contributed by atoms with Gasteiger partial charge in [0.2, 0.25) is 0 Å². The fourth-order valence-electron chi connectivity index (χ4n) is 0.910. The van der Waals surface area contributed by atoms with Crippen molar-refractivity contribution in [1.82, 2.24) is 10.9 Å². The van der Waals surface area contributed by atoms with E-state index in [9.17, 15) is 14.9 Å². The highest BCUT2D eigenvalue weighted by Gasteiger charge is 2.41. The average Bonchev–Trinajstić information content (AvgIpc) is 2.32. The molecule has 1 fully saturated rings. The first kappa shape index (κ1) is 7.89. The van der Waals surface area contributed by atoms with Crippen LogP contribution in [-0.2, 0) is 4.79 Å². The number of rotatable bonds is 2. The summed E-state index contributed by atoms with van der Waals surface area (Å²) in [5.74, 6) is -1.21. The van der Waals surface area contributed by atoms with Crippen LogP contribution in [0.1, 0.15) is 0 Å². The first-order valence-corrected chi connectivity index (χ1v) is 2.97. The Labute approximate surface area is 61.5 Å². The number of nitrogens with one attached hydrogen (secondary N) is 2. The van der Waals surface area contributed by atoms with Crippen LogP contribution in [-0.4, -0.2) is 34.6 Å². The topological polar surface area (TPSA) is 104 Å². The Morgan fingerprint density at radius 2 is 2.36 bits per heavy atom. The van der Waals surface area contributed by atoms with Gasteiger partial charge in [-0.3, -0.25) is 14.9 Å². The number of hydrogen-bond donors (Lipinski definition) is 3. The SMILES string of the molecule is O=C(O)C1NNCC1[N+](=O)[O-]. The zero-order valence-corrected chi connectivity index (χ0v) is 5.48. The van der Waals surface area contributed by atoms with E-state index in [1.807, 2.05) is 0 Å². The zero-order chi connectivity index (χ0) is 8.43. The van der Waals surface area contributed by atoms with Crippen molar-refractivity contribution in [2.75, 3.05) is 6.54 Å². The molecule has 1 aliphatic heterocycles. The third-order valence-electron chi connectivity index (χ3n) is 1.49. The van der Waals surface area contributed by atoms with Crippen LogP contribution in [0.25, 0.3) is 0 Å². The number of nitrogens with zero attached hydrogens (tertiary/aromatic N) is 1. The van der Waals surface area contributed by atoms with E-state index in [1.54, 1.807) is 0 Å². The minimum absolute atomic E-state index is 0.0456. The Morgan fingerprint density at radius 1 is 1.73 bits per heavy atom. The van der Waals surface area contributed by atoms with Crippen LogP contribution in [0.5, 0.6) is 0 Å². The van der Waals surface area contributed by atoms with Crippen molar-refractivity contribution in [3.8, 4) is 0 Å². The highest BCUT2D eigenvalue weighted by molar-refractivity contribution is 5.74. The molecule has 3 N–H and O–H groups in total. The fraction of sp³-hybridized carbons (Fsp3) is 0.750. The van der Waals surface area contributed by atoms with Crippen molar-refractivity contribution in [3.05, 3.63) is 10.1 Å². The van der Waals surface area contributed by atoms with Crippen LogP contribution in [0.2, 0.25) is 0 Å². The second kappa shape index (κ2) is 2.81.